The maximum Gasteiger partial charge on any atom is 0.290 e. The maximum atomic E-state index is 14.0. The fourth-order valence-electron chi connectivity index (χ4n) is 7.34. The van der Waals surface area contributed by atoms with Gasteiger partial charge in [0.2, 0.25) is 5.91 Å². The van der Waals surface area contributed by atoms with Crippen LogP contribution >= 0.6 is 23.5 Å². The molecule has 4 fully saturated rings. The highest BCUT2D eigenvalue weighted by molar-refractivity contribution is 8.00. The zero-order valence-corrected chi connectivity index (χ0v) is 30.1. The van der Waals surface area contributed by atoms with E-state index in [2.05, 4.69) is 53.6 Å². The summed E-state index contributed by atoms with van der Waals surface area (Å²) in [5.74, 6) is 1.29. The van der Waals surface area contributed by atoms with Crippen molar-refractivity contribution in [3.05, 3.63) is 29.8 Å². The summed E-state index contributed by atoms with van der Waals surface area (Å²) in [4.78, 5) is 25.8. The van der Waals surface area contributed by atoms with Crippen molar-refractivity contribution in [2.45, 2.75) is 105 Å². The SMILES string of the molecule is CS[C@H]1O[C@H]([C@H](NC(=O)[C@H]2NC[C@@H]3C[C@H](CC(C)C)CCO[C@H]32)[C@H](C)Sc2ccc(CN3CCOCC3)cc2)[C@H](O)[C@H](O)[C@H]1O.O=CO. The minimum absolute atomic E-state index is 0.194. The number of benzene rings is 1. The van der Waals surface area contributed by atoms with Crippen LogP contribution in [0.2, 0.25) is 0 Å². The van der Waals surface area contributed by atoms with E-state index in [0.29, 0.717) is 18.4 Å². The molecule has 0 aromatic heterocycles. The molecule has 0 saturated carbocycles. The monoisotopic (exact) mass is 713 g/mol. The second-order valence-electron chi connectivity index (χ2n) is 13.7. The van der Waals surface area contributed by atoms with Gasteiger partial charge in [-0.05, 0) is 61.0 Å². The first-order chi connectivity index (χ1) is 23.1. The summed E-state index contributed by atoms with van der Waals surface area (Å²) >= 11 is 2.86. The molecule has 1 aromatic carbocycles. The van der Waals surface area contributed by atoms with Crippen LogP contribution < -0.4 is 10.6 Å². The van der Waals surface area contributed by atoms with Crippen LogP contribution in [0.4, 0.5) is 0 Å². The number of hydrogen-bond acceptors (Lipinski definition) is 12. The highest BCUT2D eigenvalue weighted by Gasteiger charge is 2.50. The number of aliphatic hydroxyl groups excluding tert-OH is 3. The lowest BCUT2D eigenvalue weighted by molar-refractivity contribution is -0.205. The van der Waals surface area contributed by atoms with Gasteiger partial charge in [-0.2, -0.15) is 0 Å². The highest BCUT2D eigenvalue weighted by Crippen LogP contribution is 2.36. The van der Waals surface area contributed by atoms with Crippen molar-refractivity contribution in [3.63, 3.8) is 0 Å². The van der Waals surface area contributed by atoms with Crippen LogP contribution in [-0.4, -0.2) is 137 Å². The van der Waals surface area contributed by atoms with Crippen molar-refractivity contribution in [3.8, 4) is 0 Å². The van der Waals surface area contributed by atoms with E-state index in [1.165, 1.54) is 17.3 Å². The predicted octanol–water partition coefficient (Wildman–Crippen LogP) is 1.78. The molecule has 0 bridgehead atoms. The van der Waals surface area contributed by atoms with Crippen molar-refractivity contribution in [2.75, 3.05) is 45.7 Å². The molecule has 4 saturated heterocycles. The molecule has 272 valence electrons. The van der Waals surface area contributed by atoms with Gasteiger partial charge in [0.25, 0.3) is 6.47 Å². The zero-order valence-electron chi connectivity index (χ0n) is 28.5. The Labute approximate surface area is 293 Å². The number of nitrogens with one attached hydrogen (secondary N) is 2. The third-order valence-corrected chi connectivity index (χ3v) is 11.8. The highest BCUT2D eigenvalue weighted by atomic mass is 32.2. The summed E-state index contributed by atoms with van der Waals surface area (Å²) in [6.45, 7) is 11.9. The molecule has 0 radical (unpaired) electrons. The molecule has 12 nitrogen and oxygen atoms in total. The van der Waals surface area contributed by atoms with E-state index < -0.39 is 41.9 Å². The number of nitrogens with zero attached hydrogens (tertiary/aromatic N) is 1. The molecular formula is C34H55N3O9S2. The summed E-state index contributed by atoms with van der Waals surface area (Å²) in [5.41, 5.74) is 0.493. The molecule has 14 heteroatoms. The molecule has 5 rings (SSSR count). The summed E-state index contributed by atoms with van der Waals surface area (Å²) in [6, 6.07) is 7.28. The van der Waals surface area contributed by atoms with Gasteiger partial charge in [0.05, 0.1) is 25.4 Å². The van der Waals surface area contributed by atoms with Gasteiger partial charge < -0.3 is 45.3 Å². The Kier molecular flexibility index (Phi) is 15.8. The Morgan fingerprint density at radius 1 is 1.08 bits per heavy atom. The molecule has 4 aliphatic rings. The Morgan fingerprint density at radius 2 is 1.77 bits per heavy atom. The number of fused-ring (bicyclic) bond motifs is 1. The molecule has 0 unspecified atom stereocenters. The molecule has 48 heavy (non-hydrogen) atoms. The number of carbonyl (C=O) groups is 2. The van der Waals surface area contributed by atoms with E-state index in [-0.39, 0.29) is 29.7 Å². The molecule has 0 aliphatic carbocycles. The van der Waals surface area contributed by atoms with E-state index in [4.69, 9.17) is 24.1 Å². The number of carboxylic acid groups (broad SMARTS) is 1. The van der Waals surface area contributed by atoms with Crippen molar-refractivity contribution in [2.24, 2.45) is 17.8 Å². The normalized spacial score (nSPS) is 33.9. The van der Waals surface area contributed by atoms with Crippen molar-refractivity contribution >= 4 is 35.9 Å². The quantitative estimate of drug-likeness (QED) is 0.145. The average Bonchev–Trinajstić information content (AvgIpc) is 3.35. The number of rotatable bonds is 11. The standard InChI is InChI=1S/C33H53N3O7S2.CH2O2/c1-19(2)15-22-9-12-42-30-23(16-22)17-34-26(30)32(40)35-25(31-28(38)27(37)29(39)33(43-31)44-4)20(3)45-24-7-5-21(6-8-24)18-36-10-13-41-14-11-36;2-1-3/h5-8,19-20,22-23,25-31,33-34,37-39H,9-18H2,1-4H3,(H,35,40);1H,(H,2,3)/t20-,22-,23-,25+,26-,27-,28+,29+,30+,31+,33+;/m0./s1. The molecule has 4 aliphatic heterocycles. The van der Waals surface area contributed by atoms with E-state index >= 15 is 0 Å². The van der Waals surface area contributed by atoms with Gasteiger partial charge in [-0.25, -0.2) is 0 Å². The molecule has 4 heterocycles. The summed E-state index contributed by atoms with van der Waals surface area (Å²) < 4.78 is 18.0. The van der Waals surface area contributed by atoms with E-state index in [1.54, 1.807) is 18.0 Å². The molecular weight excluding hydrogens is 659 g/mol. The number of hydrogen-bond donors (Lipinski definition) is 6. The third-order valence-electron chi connectivity index (χ3n) is 9.72. The summed E-state index contributed by atoms with van der Waals surface area (Å²) in [6.07, 6.45) is -0.129. The van der Waals surface area contributed by atoms with Crippen LogP contribution in [0, 0.1) is 17.8 Å². The maximum absolute atomic E-state index is 14.0. The first-order valence-corrected chi connectivity index (χ1v) is 19.2. The molecule has 1 amide bonds. The van der Waals surface area contributed by atoms with Gasteiger partial charge in [-0.15, -0.1) is 23.5 Å². The smallest absolute Gasteiger partial charge is 0.290 e. The van der Waals surface area contributed by atoms with Gasteiger partial charge in [0.15, 0.2) is 0 Å². The van der Waals surface area contributed by atoms with Gasteiger partial charge in [0, 0.05) is 42.9 Å². The van der Waals surface area contributed by atoms with Gasteiger partial charge >= 0.3 is 0 Å². The van der Waals surface area contributed by atoms with Gasteiger partial charge in [-0.1, -0.05) is 32.9 Å². The third kappa shape index (κ3) is 10.5. The second-order valence-corrected chi connectivity index (χ2v) is 16.1. The number of aliphatic hydroxyl groups is 3. The van der Waals surface area contributed by atoms with Crippen LogP contribution in [0.5, 0.6) is 0 Å². The zero-order chi connectivity index (χ0) is 34.8. The number of morpholine rings is 1. The fraction of sp³-hybridized carbons (Fsp3) is 0.765. The van der Waals surface area contributed by atoms with Crippen molar-refractivity contribution in [1.29, 1.82) is 0 Å². The molecule has 1 aromatic rings. The molecule has 11 atom stereocenters. The molecule has 6 N–H and O–H groups in total. The fourth-order valence-corrected chi connectivity index (χ4v) is 9.11. The second kappa shape index (κ2) is 19.2. The number of thioether (sulfide) groups is 2. The first kappa shape index (κ1) is 39.3. The van der Waals surface area contributed by atoms with E-state index in [9.17, 15) is 20.1 Å². The predicted molar refractivity (Wildman–Crippen MR) is 186 cm³/mol. The average molecular weight is 714 g/mol. The largest absolute Gasteiger partial charge is 0.483 e. The minimum Gasteiger partial charge on any atom is -0.483 e. The Morgan fingerprint density at radius 3 is 2.42 bits per heavy atom. The molecule has 0 spiro atoms. The first-order valence-electron chi connectivity index (χ1n) is 17.1. The summed E-state index contributed by atoms with van der Waals surface area (Å²) in [5, 5.41) is 45.7. The Balaban J connectivity index is 0.00000167. The summed E-state index contributed by atoms with van der Waals surface area (Å²) in [7, 11) is 0. The van der Waals surface area contributed by atoms with Crippen LogP contribution in [0.15, 0.2) is 29.2 Å². The van der Waals surface area contributed by atoms with E-state index in [0.717, 1.165) is 63.6 Å². The number of carbonyl (C=O) groups excluding carboxylic acids is 1. The van der Waals surface area contributed by atoms with Crippen LogP contribution in [-0.2, 0) is 30.3 Å². The van der Waals surface area contributed by atoms with Crippen LogP contribution in [0.3, 0.4) is 0 Å². The lowest BCUT2D eigenvalue weighted by Gasteiger charge is -2.44. The Bertz CT molecular complexity index is 1130. The Hall–Kier alpha value is -1.46. The lowest BCUT2D eigenvalue weighted by atomic mass is 9.85. The van der Waals surface area contributed by atoms with Crippen molar-refractivity contribution < 1.29 is 44.2 Å². The minimum atomic E-state index is -1.39. The number of amides is 1. The van der Waals surface area contributed by atoms with Gasteiger partial charge in [0.1, 0.15) is 35.9 Å². The van der Waals surface area contributed by atoms with E-state index in [1.807, 2.05) is 6.92 Å². The van der Waals surface area contributed by atoms with Gasteiger partial charge in [-0.3, -0.25) is 14.5 Å². The van der Waals surface area contributed by atoms with Crippen LogP contribution in [0.25, 0.3) is 0 Å². The lowest BCUT2D eigenvalue weighted by Crippen LogP contribution is -2.65. The number of ether oxygens (including phenoxy) is 3. The van der Waals surface area contributed by atoms with Crippen molar-refractivity contribution in [1.82, 2.24) is 15.5 Å². The topological polar surface area (TPSA) is 170 Å². The van der Waals surface area contributed by atoms with Crippen LogP contribution in [0.1, 0.15) is 45.6 Å².